The number of fused-ring (bicyclic) bond motifs is 4. The second-order valence-corrected chi connectivity index (χ2v) is 16.1. The second kappa shape index (κ2) is 8.58. The minimum Gasteiger partial charge on any atom is -0.403 e. The maximum Gasteiger partial charge on any atom is 0.261 e. The predicted octanol–water partition coefficient (Wildman–Crippen LogP) is 4.36. The zero-order valence-corrected chi connectivity index (χ0v) is 22.0. The van der Waals surface area contributed by atoms with Gasteiger partial charge in [0.15, 0.2) is 0 Å². The van der Waals surface area contributed by atoms with Gasteiger partial charge < -0.3 is 13.9 Å². The number of Topliss-reactive ketones (excluding diaryl/α,β-unsaturated/α-hetero) is 1. The van der Waals surface area contributed by atoms with Gasteiger partial charge in [0, 0.05) is 5.92 Å². The molecular weight excluding hydrogens is 496 g/mol. The predicted molar refractivity (Wildman–Crippen MR) is 136 cm³/mol. The Labute approximate surface area is 205 Å². The SMILES string of the molecule is CC(C)(C)[Si](OCC1=CC[C@@H]2[C@H]3CO[C@H](O3)C(=O)[C@]2(Br)C1)(c1ccccc1)c1ccccc1. The van der Waals surface area contributed by atoms with Crippen LogP contribution in [-0.4, -0.2) is 44.0 Å². The lowest BCUT2D eigenvalue weighted by molar-refractivity contribution is -0.162. The van der Waals surface area contributed by atoms with Gasteiger partial charge in [0.25, 0.3) is 8.32 Å². The van der Waals surface area contributed by atoms with Gasteiger partial charge >= 0.3 is 0 Å². The molecule has 33 heavy (non-hydrogen) atoms. The van der Waals surface area contributed by atoms with Crippen molar-refractivity contribution in [2.75, 3.05) is 13.2 Å². The summed E-state index contributed by atoms with van der Waals surface area (Å²) in [4.78, 5) is 13.1. The van der Waals surface area contributed by atoms with Crippen LogP contribution in [0.15, 0.2) is 72.3 Å². The Morgan fingerprint density at radius 2 is 1.67 bits per heavy atom. The topological polar surface area (TPSA) is 44.8 Å². The molecule has 2 heterocycles. The summed E-state index contributed by atoms with van der Waals surface area (Å²) in [5.41, 5.74) is 1.17. The van der Waals surface area contributed by atoms with E-state index in [1.807, 2.05) is 0 Å². The molecule has 0 saturated carbocycles. The van der Waals surface area contributed by atoms with E-state index in [4.69, 9.17) is 13.9 Å². The van der Waals surface area contributed by atoms with Crippen LogP contribution < -0.4 is 10.4 Å². The molecule has 1 aliphatic carbocycles. The molecule has 0 spiro atoms. The number of rotatable bonds is 5. The fourth-order valence-electron chi connectivity index (χ4n) is 5.77. The quantitative estimate of drug-likeness (QED) is 0.330. The summed E-state index contributed by atoms with van der Waals surface area (Å²) in [6.07, 6.45) is 2.92. The molecule has 2 saturated heterocycles. The van der Waals surface area contributed by atoms with Crippen molar-refractivity contribution >= 4 is 40.4 Å². The molecule has 0 unspecified atom stereocenters. The highest BCUT2D eigenvalue weighted by molar-refractivity contribution is 9.10. The summed E-state index contributed by atoms with van der Waals surface area (Å²) < 4.78 is 17.9. The molecule has 174 valence electrons. The van der Waals surface area contributed by atoms with Crippen molar-refractivity contribution in [2.45, 2.75) is 55.4 Å². The Hall–Kier alpha value is -1.57. The first-order chi connectivity index (χ1) is 15.8. The van der Waals surface area contributed by atoms with E-state index in [1.165, 1.54) is 15.9 Å². The molecule has 3 aliphatic rings. The van der Waals surface area contributed by atoms with E-state index in [2.05, 4.69) is 103 Å². The molecule has 2 aromatic carbocycles. The fraction of sp³-hybridized carbons (Fsp3) is 0.444. The molecule has 4 atom stereocenters. The molecule has 4 nitrogen and oxygen atoms in total. The first-order valence-corrected chi connectivity index (χ1v) is 14.4. The number of benzene rings is 2. The van der Waals surface area contributed by atoms with Gasteiger partial charge in [0.1, 0.15) is 0 Å². The summed E-state index contributed by atoms with van der Waals surface area (Å²) in [5.74, 6) is 0.109. The number of carbonyl (C=O) groups excluding carboxylic acids is 1. The van der Waals surface area contributed by atoms with Crippen LogP contribution in [-0.2, 0) is 18.7 Å². The van der Waals surface area contributed by atoms with Crippen LogP contribution in [0.3, 0.4) is 0 Å². The van der Waals surface area contributed by atoms with Gasteiger partial charge in [0.05, 0.1) is 23.6 Å². The second-order valence-electron chi connectivity index (χ2n) is 10.4. The van der Waals surface area contributed by atoms with Gasteiger partial charge in [-0.15, -0.1) is 0 Å². The lowest BCUT2D eigenvalue weighted by Crippen LogP contribution is -2.66. The number of ketones is 1. The van der Waals surface area contributed by atoms with Crippen LogP contribution >= 0.6 is 15.9 Å². The molecule has 2 bridgehead atoms. The summed E-state index contributed by atoms with van der Waals surface area (Å²) in [7, 11) is -2.62. The molecule has 2 aromatic rings. The number of alkyl halides is 1. The van der Waals surface area contributed by atoms with Gasteiger partial charge in [-0.25, -0.2) is 0 Å². The molecule has 0 radical (unpaired) electrons. The highest BCUT2D eigenvalue weighted by Gasteiger charge is 2.59. The van der Waals surface area contributed by atoms with E-state index in [-0.39, 0.29) is 22.8 Å². The number of hydrogen-bond donors (Lipinski definition) is 0. The summed E-state index contributed by atoms with van der Waals surface area (Å²) in [5, 5.41) is 2.45. The third-order valence-corrected chi connectivity index (χ3v) is 13.6. The van der Waals surface area contributed by atoms with Crippen LogP contribution in [0.1, 0.15) is 33.6 Å². The van der Waals surface area contributed by atoms with Gasteiger partial charge in [-0.3, -0.25) is 4.79 Å². The molecule has 5 rings (SSSR count). The van der Waals surface area contributed by atoms with E-state index < -0.39 is 18.9 Å². The van der Waals surface area contributed by atoms with Crippen molar-refractivity contribution in [2.24, 2.45) is 5.92 Å². The standard InChI is InChI=1S/C27H31BrO4Si/c1-26(2,3)33(20-10-6-4-7-11-20,21-12-8-5-9-13-21)31-17-19-14-15-22-23-18-30-25(32-23)24(29)27(22,28)16-19/h4-14,22-23,25H,15-18H2,1-3H3/t22-,23-,25-,27+/m1/s1. The van der Waals surface area contributed by atoms with Gasteiger partial charge in [0.2, 0.25) is 12.1 Å². The Bertz CT molecular complexity index is 1010. The maximum absolute atomic E-state index is 13.1. The Morgan fingerprint density at radius 3 is 2.24 bits per heavy atom. The third-order valence-electron chi connectivity index (χ3n) is 7.41. The van der Waals surface area contributed by atoms with E-state index in [1.54, 1.807) is 0 Å². The van der Waals surface area contributed by atoms with Gasteiger partial charge in [-0.1, -0.05) is 103 Å². The van der Waals surface area contributed by atoms with Crippen LogP contribution in [0.4, 0.5) is 0 Å². The normalized spacial score (nSPS) is 29.5. The molecule has 6 heteroatoms. The average Bonchev–Trinajstić information content (AvgIpc) is 3.25. The number of carbonyl (C=O) groups is 1. The van der Waals surface area contributed by atoms with Crippen LogP contribution in [0.25, 0.3) is 0 Å². The molecule has 0 amide bonds. The number of hydrogen-bond acceptors (Lipinski definition) is 4. The molecule has 0 aromatic heterocycles. The Kier molecular flexibility index (Phi) is 6.02. The van der Waals surface area contributed by atoms with E-state index in [9.17, 15) is 4.79 Å². The summed E-state index contributed by atoms with van der Waals surface area (Å²) in [6, 6.07) is 21.3. The van der Waals surface area contributed by atoms with Crippen molar-refractivity contribution in [1.29, 1.82) is 0 Å². The van der Waals surface area contributed by atoms with Crippen molar-refractivity contribution in [3.8, 4) is 0 Å². The minimum absolute atomic E-state index is 0.0114. The van der Waals surface area contributed by atoms with Crippen molar-refractivity contribution < 1.29 is 18.7 Å². The first kappa shape index (κ1) is 23.2. The largest absolute Gasteiger partial charge is 0.403 e. The summed E-state index contributed by atoms with van der Waals surface area (Å²) >= 11 is 3.85. The van der Waals surface area contributed by atoms with Crippen molar-refractivity contribution in [3.63, 3.8) is 0 Å². The Balaban J connectivity index is 1.48. The Morgan fingerprint density at radius 1 is 1.06 bits per heavy atom. The average molecular weight is 528 g/mol. The van der Waals surface area contributed by atoms with Crippen LogP contribution in [0.2, 0.25) is 5.04 Å². The fourth-order valence-corrected chi connectivity index (χ4v) is 11.4. The zero-order chi connectivity index (χ0) is 23.3. The highest BCUT2D eigenvalue weighted by atomic mass is 79.9. The third kappa shape index (κ3) is 3.80. The van der Waals surface area contributed by atoms with E-state index in [0.717, 1.165) is 6.42 Å². The molecule has 2 aliphatic heterocycles. The minimum atomic E-state index is -2.62. The van der Waals surface area contributed by atoms with E-state index in [0.29, 0.717) is 19.6 Å². The zero-order valence-electron chi connectivity index (χ0n) is 19.4. The summed E-state index contributed by atoms with van der Waals surface area (Å²) in [6.45, 7) is 7.86. The number of allylic oxidation sites excluding steroid dienone is 1. The smallest absolute Gasteiger partial charge is 0.261 e. The molecule has 0 N–H and O–H groups in total. The van der Waals surface area contributed by atoms with E-state index >= 15 is 0 Å². The maximum atomic E-state index is 13.1. The van der Waals surface area contributed by atoms with Crippen LogP contribution in [0, 0.1) is 5.92 Å². The number of ether oxygens (including phenoxy) is 2. The lowest BCUT2D eigenvalue weighted by Gasteiger charge is -2.45. The monoisotopic (exact) mass is 526 g/mol. The molecular formula is C27H31BrO4Si. The van der Waals surface area contributed by atoms with Gasteiger partial charge in [-0.05, 0) is 33.8 Å². The van der Waals surface area contributed by atoms with Crippen molar-refractivity contribution in [3.05, 3.63) is 72.3 Å². The highest BCUT2D eigenvalue weighted by Crippen LogP contribution is 2.50. The lowest BCUT2D eigenvalue weighted by atomic mass is 9.73. The number of halogens is 1. The van der Waals surface area contributed by atoms with Crippen LogP contribution in [0.5, 0.6) is 0 Å². The molecule has 2 fully saturated rings. The van der Waals surface area contributed by atoms with Gasteiger partial charge in [-0.2, -0.15) is 0 Å². The first-order valence-electron chi connectivity index (χ1n) is 11.7. The van der Waals surface area contributed by atoms with Crippen molar-refractivity contribution in [1.82, 2.24) is 0 Å².